The van der Waals surface area contributed by atoms with Gasteiger partial charge in [-0.1, -0.05) is 18.2 Å². The number of hydrogen-bond donors (Lipinski definition) is 1. The van der Waals surface area contributed by atoms with Crippen molar-refractivity contribution in [2.75, 3.05) is 23.9 Å². The molecule has 7 heteroatoms. The standard InChI is InChI=1S/C22H20N2O5/c1-28-19-10-9-15(13-17(19)24-11-5-4-8-20(24)25)23-21(26)16-12-14-6-2-3-7-18(14)29-22(16)27/h2-3,6-7,9-10,12-13H,4-5,8,11H2,1H3,(H,23,26). The third-order valence-electron chi connectivity index (χ3n) is 4.94. The van der Waals surface area contributed by atoms with Crippen molar-refractivity contribution in [1.29, 1.82) is 0 Å². The molecule has 4 rings (SSSR count). The highest BCUT2D eigenvalue weighted by molar-refractivity contribution is 6.06. The summed E-state index contributed by atoms with van der Waals surface area (Å²) in [6.45, 7) is 0.598. The zero-order valence-corrected chi connectivity index (χ0v) is 15.9. The average molecular weight is 392 g/mol. The van der Waals surface area contributed by atoms with E-state index < -0.39 is 11.5 Å². The number of piperidine rings is 1. The number of carbonyl (C=O) groups excluding carboxylic acids is 2. The summed E-state index contributed by atoms with van der Waals surface area (Å²) >= 11 is 0. The Hall–Kier alpha value is -3.61. The molecule has 1 fully saturated rings. The van der Waals surface area contributed by atoms with Crippen LogP contribution in [0, 0.1) is 0 Å². The van der Waals surface area contributed by atoms with Gasteiger partial charge in [0.05, 0.1) is 12.8 Å². The maximum absolute atomic E-state index is 12.7. The van der Waals surface area contributed by atoms with Crippen LogP contribution in [0.3, 0.4) is 0 Å². The second kappa shape index (κ2) is 7.79. The molecule has 0 unspecified atom stereocenters. The highest BCUT2D eigenvalue weighted by Gasteiger charge is 2.23. The van der Waals surface area contributed by atoms with Crippen LogP contribution in [0.2, 0.25) is 0 Å². The summed E-state index contributed by atoms with van der Waals surface area (Å²) in [5.74, 6) is -0.0118. The van der Waals surface area contributed by atoms with Crippen molar-refractivity contribution in [2.24, 2.45) is 0 Å². The van der Waals surface area contributed by atoms with Crippen LogP contribution in [-0.4, -0.2) is 25.5 Å². The van der Waals surface area contributed by atoms with E-state index in [2.05, 4.69) is 5.32 Å². The van der Waals surface area contributed by atoms with E-state index in [9.17, 15) is 14.4 Å². The van der Waals surface area contributed by atoms with Gasteiger partial charge in [0.25, 0.3) is 5.91 Å². The van der Waals surface area contributed by atoms with E-state index in [0.717, 1.165) is 12.8 Å². The second-order valence-corrected chi connectivity index (χ2v) is 6.83. The molecule has 148 valence electrons. The van der Waals surface area contributed by atoms with E-state index >= 15 is 0 Å². The fourth-order valence-electron chi connectivity index (χ4n) is 3.46. The Balaban J connectivity index is 1.65. The van der Waals surface area contributed by atoms with Crippen molar-refractivity contribution in [2.45, 2.75) is 19.3 Å². The molecule has 0 aliphatic carbocycles. The Kier molecular flexibility index (Phi) is 5.03. The molecular formula is C22H20N2O5. The van der Waals surface area contributed by atoms with Crippen LogP contribution >= 0.6 is 0 Å². The lowest BCUT2D eigenvalue weighted by Crippen LogP contribution is -2.35. The molecule has 0 spiro atoms. The van der Waals surface area contributed by atoms with E-state index in [-0.39, 0.29) is 11.5 Å². The predicted octanol–water partition coefficient (Wildman–Crippen LogP) is 3.57. The number of methoxy groups -OCH3 is 1. The fourth-order valence-corrected chi connectivity index (χ4v) is 3.46. The van der Waals surface area contributed by atoms with Gasteiger partial charge in [-0.15, -0.1) is 0 Å². The third-order valence-corrected chi connectivity index (χ3v) is 4.94. The van der Waals surface area contributed by atoms with Crippen LogP contribution in [0.5, 0.6) is 5.75 Å². The SMILES string of the molecule is COc1ccc(NC(=O)c2cc3ccccc3oc2=O)cc1N1CCCCC1=O. The highest BCUT2D eigenvalue weighted by atomic mass is 16.5. The Bertz CT molecular complexity index is 1150. The average Bonchev–Trinajstić information content (AvgIpc) is 2.73. The molecule has 1 aliphatic heterocycles. The van der Waals surface area contributed by atoms with Crippen LogP contribution in [0.25, 0.3) is 11.0 Å². The molecule has 7 nitrogen and oxygen atoms in total. The minimum Gasteiger partial charge on any atom is -0.495 e. The van der Waals surface area contributed by atoms with Crippen LogP contribution in [-0.2, 0) is 4.79 Å². The van der Waals surface area contributed by atoms with Gasteiger partial charge in [0.1, 0.15) is 16.9 Å². The maximum atomic E-state index is 12.7. The quantitative estimate of drug-likeness (QED) is 0.686. The minimum absolute atomic E-state index is 0.0215. The molecule has 3 aromatic rings. The van der Waals surface area contributed by atoms with Gasteiger partial charge in [0.2, 0.25) is 5.91 Å². The van der Waals surface area contributed by atoms with E-state index in [1.807, 2.05) is 0 Å². The first-order valence-corrected chi connectivity index (χ1v) is 9.39. The van der Waals surface area contributed by atoms with Gasteiger partial charge in [-0.2, -0.15) is 0 Å². The van der Waals surface area contributed by atoms with E-state index in [4.69, 9.17) is 9.15 Å². The van der Waals surface area contributed by atoms with Gasteiger partial charge in [-0.25, -0.2) is 4.79 Å². The molecule has 1 aliphatic rings. The zero-order chi connectivity index (χ0) is 20.4. The molecule has 1 aromatic heterocycles. The normalized spacial score (nSPS) is 14.1. The molecule has 1 saturated heterocycles. The molecular weight excluding hydrogens is 372 g/mol. The van der Waals surface area contributed by atoms with E-state index in [1.54, 1.807) is 47.4 Å². The summed E-state index contributed by atoms with van der Waals surface area (Å²) in [5.41, 5.74) is 0.679. The molecule has 2 heterocycles. The van der Waals surface area contributed by atoms with Gasteiger partial charge >= 0.3 is 5.63 Å². The number of nitrogens with one attached hydrogen (secondary N) is 1. The summed E-state index contributed by atoms with van der Waals surface area (Å²) in [5, 5.41) is 3.38. The van der Waals surface area contributed by atoms with Gasteiger partial charge in [-0.3, -0.25) is 9.59 Å². The van der Waals surface area contributed by atoms with Crippen molar-refractivity contribution in [1.82, 2.24) is 0 Å². The van der Waals surface area contributed by atoms with Crippen LogP contribution < -0.4 is 20.6 Å². The molecule has 2 amide bonds. The van der Waals surface area contributed by atoms with E-state index in [1.165, 1.54) is 13.2 Å². The van der Waals surface area contributed by atoms with Gasteiger partial charge < -0.3 is 19.4 Å². The van der Waals surface area contributed by atoms with Crippen LogP contribution in [0.15, 0.2) is 57.7 Å². The van der Waals surface area contributed by atoms with Gasteiger partial charge in [-0.05, 0) is 43.2 Å². The number of amides is 2. The number of hydrogen-bond acceptors (Lipinski definition) is 5. The predicted molar refractivity (Wildman–Crippen MR) is 110 cm³/mol. The van der Waals surface area contributed by atoms with Crippen molar-refractivity contribution in [3.05, 3.63) is 64.5 Å². The largest absolute Gasteiger partial charge is 0.495 e. The van der Waals surface area contributed by atoms with Crippen molar-refractivity contribution in [3.63, 3.8) is 0 Å². The summed E-state index contributed by atoms with van der Waals surface area (Å²) in [7, 11) is 1.53. The number of anilines is 2. The molecule has 0 bridgehead atoms. The Labute approximate surface area is 166 Å². The first-order chi connectivity index (χ1) is 14.1. The summed E-state index contributed by atoms with van der Waals surface area (Å²) in [4.78, 5) is 38.9. The highest BCUT2D eigenvalue weighted by Crippen LogP contribution is 2.33. The molecule has 2 aromatic carbocycles. The first-order valence-electron chi connectivity index (χ1n) is 9.39. The summed E-state index contributed by atoms with van der Waals surface area (Å²) in [6.07, 6.45) is 2.26. The lowest BCUT2D eigenvalue weighted by atomic mass is 10.1. The molecule has 0 radical (unpaired) electrons. The number of para-hydroxylation sites is 1. The number of ether oxygens (including phenoxy) is 1. The maximum Gasteiger partial charge on any atom is 0.349 e. The summed E-state index contributed by atoms with van der Waals surface area (Å²) in [6, 6.07) is 13.5. The van der Waals surface area contributed by atoms with Crippen LogP contribution in [0.1, 0.15) is 29.6 Å². The number of benzene rings is 2. The third kappa shape index (κ3) is 3.71. The molecule has 0 atom stereocenters. The second-order valence-electron chi connectivity index (χ2n) is 6.83. The Morgan fingerprint density at radius 3 is 2.72 bits per heavy atom. The van der Waals surface area contributed by atoms with Crippen LogP contribution in [0.4, 0.5) is 11.4 Å². The monoisotopic (exact) mass is 392 g/mol. The van der Waals surface area contributed by atoms with Crippen molar-refractivity contribution >= 4 is 34.2 Å². The lowest BCUT2D eigenvalue weighted by molar-refractivity contribution is -0.119. The molecule has 29 heavy (non-hydrogen) atoms. The van der Waals surface area contributed by atoms with Gasteiger partial charge in [0, 0.05) is 24.0 Å². The topological polar surface area (TPSA) is 88.8 Å². The Morgan fingerprint density at radius 2 is 1.93 bits per heavy atom. The minimum atomic E-state index is -0.707. The smallest absolute Gasteiger partial charge is 0.349 e. The van der Waals surface area contributed by atoms with Crippen molar-refractivity contribution in [3.8, 4) is 5.75 Å². The first kappa shape index (κ1) is 18.7. The fraction of sp³-hybridized carbons (Fsp3) is 0.227. The molecule has 0 saturated carbocycles. The van der Waals surface area contributed by atoms with E-state index in [0.29, 0.717) is 41.1 Å². The number of nitrogens with zero attached hydrogens (tertiary/aromatic N) is 1. The number of fused-ring (bicyclic) bond motifs is 1. The van der Waals surface area contributed by atoms with Crippen molar-refractivity contribution < 1.29 is 18.7 Å². The summed E-state index contributed by atoms with van der Waals surface area (Å²) < 4.78 is 10.6. The van der Waals surface area contributed by atoms with Gasteiger partial charge in [0.15, 0.2) is 0 Å². The Morgan fingerprint density at radius 1 is 1.10 bits per heavy atom. The molecule has 1 N–H and O–H groups in total. The lowest BCUT2D eigenvalue weighted by Gasteiger charge is -2.28. The number of carbonyl (C=O) groups is 2. The number of rotatable bonds is 4. The zero-order valence-electron chi connectivity index (χ0n) is 15.9.